The number of aromatic nitrogens is 2. The minimum Gasteiger partial charge on any atom is -0.330 e. The quantitative estimate of drug-likeness (QED) is 0.745. The van der Waals surface area contributed by atoms with Gasteiger partial charge in [-0.2, -0.15) is 0 Å². The van der Waals surface area contributed by atoms with Gasteiger partial charge in [0.2, 0.25) is 0 Å². The predicted octanol–water partition coefficient (Wildman–Crippen LogP) is 3.04. The number of rotatable bonds is 6. The van der Waals surface area contributed by atoms with E-state index in [1.807, 2.05) is 0 Å². The first-order valence-electron chi connectivity index (χ1n) is 9.67. The number of likely N-dealkylation sites (tertiary alicyclic amines) is 1. The van der Waals surface area contributed by atoms with Gasteiger partial charge in [-0.3, -0.25) is 4.90 Å². The van der Waals surface area contributed by atoms with Gasteiger partial charge in [0.25, 0.3) is 0 Å². The molecule has 0 bridgehead atoms. The minimum atomic E-state index is 0.871. The molecule has 4 heteroatoms. The molecule has 0 spiro atoms. The summed E-state index contributed by atoms with van der Waals surface area (Å²) in [6.07, 6.45) is 0. The summed E-state index contributed by atoms with van der Waals surface area (Å²) in [4.78, 5) is 7.41. The van der Waals surface area contributed by atoms with Gasteiger partial charge < -0.3 is 9.88 Å². The molecule has 5 rings (SSSR count). The fourth-order valence-electron chi connectivity index (χ4n) is 4.68. The number of nitrogens with zero attached hydrogens (tertiary/aromatic N) is 3. The second-order valence-electron chi connectivity index (χ2n) is 7.88. The second kappa shape index (κ2) is 6.53. The van der Waals surface area contributed by atoms with E-state index in [1.54, 1.807) is 0 Å². The van der Waals surface area contributed by atoms with Crippen LogP contribution in [0.3, 0.4) is 0 Å². The Balaban J connectivity index is 1.12. The number of piperidine rings is 1. The molecule has 2 aliphatic rings. The normalized spacial score (nSPS) is 24.9. The highest BCUT2D eigenvalue weighted by atomic mass is 15.2. The predicted molar refractivity (Wildman–Crippen MR) is 105 cm³/mol. The van der Waals surface area contributed by atoms with E-state index in [9.17, 15) is 0 Å². The number of para-hydroxylation sites is 2. The van der Waals surface area contributed by atoms with Crippen LogP contribution < -0.4 is 5.32 Å². The van der Waals surface area contributed by atoms with Crippen LogP contribution in [0.25, 0.3) is 11.0 Å². The van der Waals surface area contributed by atoms with Crippen molar-refractivity contribution >= 4 is 11.0 Å². The van der Waals surface area contributed by atoms with Crippen molar-refractivity contribution in [3.05, 3.63) is 66.0 Å². The lowest BCUT2D eigenvalue weighted by Crippen LogP contribution is -2.28. The monoisotopic (exact) mass is 346 g/mol. The molecule has 26 heavy (non-hydrogen) atoms. The Morgan fingerprint density at radius 3 is 2.50 bits per heavy atom. The van der Waals surface area contributed by atoms with Crippen LogP contribution in [0.5, 0.6) is 0 Å². The molecular formula is C22H26N4. The first-order valence-corrected chi connectivity index (χ1v) is 9.67. The van der Waals surface area contributed by atoms with Crippen LogP contribution >= 0.6 is 0 Å². The minimum absolute atomic E-state index is 0.871. The molecule has 4 nitrogen and oxygen atoms in total. The molecule has 0 amide bonds. The van der Waals surface area contributed by atoms with Crippen molar-refractivity contribution in [2.75, 3.05) is 19.6 Å². The Hall–Kier alpha value is -2.17. The second-order valence-corrected chi connectivity index (χ2v) is 7.88. The third-order valence-electron chi connectivity index (χ3n) is 6.24. The summed E-state index contributed by atoms with van der Waals surface area (Å²) < 4.78 is 2.25. The summed E-state index contributed by atoms with van der Waals surface area (Å²) in [6, 6.07) is 19.1. The molecule has 134 valence electrons. The molecule has 2 heterocycles. The molecular weight excluding hydrogens is 320 g/mol. The van der Waals surface area contributed by atoms with Gasteiger partial charge in [0.15, 0.2) is 0 Å². The molecule has 2 atom stereocenters. The molecule has 1 aromatic heterocycles. The number of hydrogen-bond donors (Lipinski definition) is 1. The van der Waals surface area contributed by atoms with E-state index in [0.717, 1.165) is 42.9 Å². The van der Waals surface area contributed by atoms with Gasteiger partial charge in [-0.05, 0) is 42.0 Å². The number of benzene rings is 2. The van der Waals surface area contributed by atoms with Crippen LogP contribution in [0, 0.1) is 17.8 Å². The van der Waals surface area contributed by atoms with Crippen LogP contribution in [-0.4, -0.2) is 34.1 Å². The van der Waals surface area contributed by atoms with Crippen molar-refractivity contribution in [3.63, 3.8) is 0 Å². The van der Waals surface area contributed by atoms with Gasteiger partial charge in [0, 0.05) is 26.7 Å². The zero-order valence-corrected chi connectivity index (χ0v) is 15.3. The fourth-order valence-corrected chi connectivity index (χ4v) is 4.68. The topological polar surface area (TPSA) is 33.1 Å². The molecule has 2 fully saturated rings. The zero-order valence-electron chi connectivity index (χ0n) is 15.3. The average molecular weight is 346 g/mol. The molecule has 1 saturated carbocycles. The van der Waals surface area contributed by atoms with E-state index in [1.165, 1.54) is 30.0 Å². The smallest absolute Gasteiger partial charge is 0.123 e. The molecule has 1 N–H and O–H groups in total. The lowest BCUT2D eigenvalue weighted by Gasteiger charge is -2.19. The number of hydrogen-bond acceptors (Lipinski definition) is 3. The van der Waals surface area contributed by atoms with Crippen LogP contribution in [-0.2, 0) is 20.1 Å². The van der Waals surface area contributed by atoms with Gasteiger partial charge in [0.1, 0.15) is 5.82 Å². The van der Waals surface area contributed by atoms with Crippen LogP contribution in [0.2, 0.25) is 0 Å². The highest BCUT2D eigenvalue weighted by Crippen LogP contribution is 2.51. The van der Waals surface area contributed by atoms with Crippen LogP contribution in [0.1, 0.15) is 11.4 Å². The standard InChI is InChI=1S/C22H26N4/c1-25-21-10-6-5-9-20(21)24-22(25)15-26-13-18-17(19(18)14-26)12-23-11-16-7-3-2-4-8-16/h2-10,17-19,23H,11-15H2,1H3. The molecule has 2 aromatic carbocycles. The third-order valence-corrected chi connectivity index (χ3v) is 6.24. The Labute approximate surface area is 154 Å². The van der Waals surface area contributed by atoms with E-state index >= 15 is 0 Å². The Kier molecular flexibility index (Phi) is 4.03. The highest BCUT2D eigenvalue weighted by Gasteiger charge is 2.54. The molecule has 1 aliphatic heterocycles. The van der Waals surface area contributed by atoms with E-state index in [-0.39, 0.29) is 0 Å². The Morgan fingerprint density at radius 1 is 1.00 bits per heavy atom. The van der Waals surface area contributed by atoms with E-state index < -0.39 is 0 Å². The van der Waals surface area contributed by atoms with Gasteiger partial charge in [-0.15, -0.1) is 0 Å². The number of imidazole rings is 1. The van der Waals surface area contributed by atoms with Crippen molar-refractivity contribution in [2.45, 2.75) is 13.1 Å². The molecule has 0 radical (unpaired) electrons. The van der Waals surface area contributed by atoms with E-state index in [2.05, 4.69) is 76.4 Å². The van der Waals surface area contributed by atoms with E-state index in [0.29, 0.717) is 0 Å². The zero-order chi connectivity index (χ0) is 17.5. The first kappa shape index (κ1) is 16.0. The van der Waals surface area contributed by atoms with Crippen molar-refractivity contribution in [2.24, 2.45) is 24.8 Å². The molecule has 3 aromatic rings. The average Bonchev–Trinajstić information content (AvgIpc) is 3.00. The van der Waals surface area contributed by atoms with Crippen molar-refractivity contribution in [1.82, 2.24) is 19.8 Å². The summed E-state index contributed by atoms with van der Waals surface area (Å²) in [6.45, 7) is 5.57. The maximum atomic E-state index is 4.83. The fraction of sp³-hybridized carbons (Fsp3) is 0.409. The maximum Gasteiger partial charge on any atom is 0.123 e. The highest BCUT2D eigenvalue weighted by molar-refractivity contribution is 5.75. The SMILES string of the molecule is Cn1c(CN2CC3C(CNCc4ccccc4)C3C2)nc2ccccc21. The first-order chi connectivity index (χ1) is 12.8. The largest absolute Gasteiger partial charge is 0.330 e. The number of nitrogens with one attached hydrogen (secondary N) is 1. The summed E-state index contributed by atoms with van der Waals surface area (Å²) in [5, 5.41) is 3.65. The molecule has 2 unspecified atom stereocenters. The van der Waals surface area contributed by atoms with Crippen molar-refractivity contribution in [1.29, 1.82) is 0 Å². The number of aryl methyl sites for hydroxylation is 1. The third kappa shape index (κ3) is 2.93. The van der Waals surface area contributed by atoms with Gasteiger partial charge >= 0.3 is 0 Å². The Morgan fingerprint density at radius 2 is 1.73 bits per heavy atom. The van der Waals surface area contributed by atoms with Gasteiger partial charge in [0.05, 0.1) is 17.6 Å². The van der Waals surface area contributed by atoms with Crippen LogP contribution in [0.15, 0.2) is 54.6 Å². The summed E-state index contributed by atoms with van der Waals surface area (Å²) >= 11 is 0. The molecule has 1 saturated heterocycles. The van der Waals surface area contributed by atoms with Crippen molar-refractivity contribution in [3.8, 4) is 0 Å². The van der Waals surface area contributed by atoms with Crippen molar-refractivity contribution < 1.29 is 0 Å². The van der Waals surface area contributed by atoms with Gasteiger partial charge in [-0.1, -0.05) is 42.5 Å². The summed E-state index contributed by atoms with van der Waals surface area (Å²) in [7, 11) is 2.14. The van der Waals surface area contributed by atoms with Crippen LogP contribution in [0.4, 0.5) is 0 Å². The maximum absolute atomic E-state index is 4.83. The molecule has 1 aliphatic carbocycles. The van der Waals surface area contributed by atoms with Gasteiger partial charge in [-0.25, -0.2) is 4.98 Å². The summed E-state index contributed by atoms with van der Waals surface area (Å²) in [5.41, 5.74) is 3.72. The lowest BCUT2D eigenvalue weighted by molar-refractivity contribution is 0.267. The number of fused-ring (bicyclic) bond motifs is 2. The van der Waals surface area contributed by atoms with E-state index in [4.69, 9.17) is 4.98 Å². The lowest BCUT2D eigenvalue weighted by atomic mass is 10.2. The summed E-state index contributed by atoms with van der Waals surface area (Å²) in [5.74, 6) is 3.82. The Bertz CT molecular complexity index is 889.